The van der Waals surface area contributed by atoms with Crippen LogP contribution >= 0.6 is 0 Å². The molecule has 0 aromatic heterocycles. The summed E-state index contributed by atoms with van der Waals surface area (Å²) in [7, 11) is 0. The molecule has 2 fully saturated rings. The van der Waals surface area contributed by atoms with Crippen LogP contribution in [0.5, 0.6) is 0 Å². The predicted molar refractivity (Wildman–Crippen MR) is 66.2 cm³/mol. The molecule has 6 heteroatoms. The predicted octanol–water partition coefficient (Wildman–Crippen LogP) is -0.739. The van der Waals surface area contributed by atoms with Gasteiger partial charge in [0.1, 0.15) is 0 Å². The van der Waals surface area contributed by atoms with E-state index in [9.17, 15) is 9.59 Å². The first kappa shape index (κ1) is 13.3. The number of rotatable bonds is 4. The molecule has 0 spiro atoms. The lowest BCUT2D eigenvalue weighted by Crippen LogP contribution is -2.48. The fourth-order valence-electron chi connectivity index (χ4n) is 2.68. The Labute approximate surface area is 107 Å². The normalized spacial score (nSPS) is 29.1. The Bertz CT molecular complexity index is 316. The molecule has 1 aliphatic carbocycles. The zero-order chi connectivity index (χ0) is 13.0. The molecule has 2 atom stereocenters. The Kier molecular flexibility index (Phi) is 4.54. The largest absolute Gasteiger partial charge is 0.481 e. The van der Waals surface area contributed by atoms with Crippen LogP contribution in [0.15, 0.2) is 0 Å². The van der Waals surface area contributed by atoms with Gasteiger partial charge in [-0.05, 0) is 19.3 Å². The summed E-state index contributed by atoms with van der Waals surface area (Å²) in [5.41, 5.74) is 0. The maximum Gasteiger partial charge on any atom is 0.306 e. The monoisotopic (exact) mass is 255 g/mol. The number of amides is 1. The smallest absolute Gasteiger partial charge is 0.306 e. The van der Waals surface area contributed by atoms with Gasteiger partial charge in [0.15, 0.2) is 0 Å². The van der Waals surface area contributed by atoms with E-state index >= 15 is 0 Å². The highest BCUT2D eigenvalue weighted by Gasteiger charge is 2.30. The Morgan fingerprint density at radius 1 is 1.28 bits per heavy atom. The molecule has 6 nitrogen and oxygen atoms in total. The zero-order valence-electron chi connectivity index (χ0n) is 10.5. The molecule has 3 N–H and O–H groups in total. The lowest BCUT2D eigenvalue weighted by Gasteiger charge is -2.27. The van der Waals surface area contributed by atoms with Crippen molar-refractivity contribution in [1.82, 2.24) is 15.5 Å². The van der Waals surface area contributed by atoms with E-state index in [-0.39, 0.29) is 17.9 Å². The minimum atomic E-state index is -0.742. The van der Waals surface area contributed by atoms with Gasteiger partial charge in [0, 0.05) is 32.2 Å². The summed E-state index contributed by atoms with van der Waals surface area (Å²) in [5, 5.41) is 15.1. The fourth-order valence-corrected chi connectivity index (χ4v) is 2.68. The standard InChI is InChI=1S/C12H21N3O3/c16-11(8-15-5-3-13-4-6-15)14-10-2-1-9(7-10)12(17)18/h9-10,13H,1-8H2,(H,14,16)(H,17,18). The van der Waals surface area contributed by atoms with Gasteiger partial charge in [0.2, 0.25) is 5.91 Å². The molecule has 0 radical (unpaired) electrons. The molecule has 2 rings (SSSR count). The van der Waals surface area contributed by atoms with Crippen molar-refractivity contribution in [1.29, 1.82) is 0 Å². The second kappa shape index (κ2) is 6.15. The highest BCUT2D eigenvalue weighted by atomic mass is 16.4. The molecular weight excluding hydrogens is 234 g/mol. The van der Waals surface area contributed by atoms with Crippen molar-refractivity contribution in [3.05, 3.63) is 0 Å². The van der Waals surface area contributed by atoms with Crippen molar-refractivity contribution in [2.75, 3.05) is 32.7 Å². The van der Waals surface area contributed by atoms with E-state index in [0.29, 0.717) is 19.4 Å². The zero-order valence-corrected chi connectivity index (χ0v) is 10.5. The summed E-state index contributed by atoms with van der Waals surface area (Å²) in [6.45, 7) is 4.08. The molecule has 102 valence electrons. The number of carboxylic acid groups (broad SMARTS) is 1. The average molecular weight is 255 g/mol. The number of nitrogens with one attached hydrogen (secondary N) is 2. The van der Waals surface area contributed by atoms with Crippen LogP contribution in [0, 0.1) is 5.92 Å². The molecule has 1 heterocycles. The first-order valence-electron chi connectivity index (χ1n) is 6.60. The second-order valence-electron chi connectivity index (χ2n) is 5.14. The summed E-state index contributed by atoms with van der Waals surface area (Å²) in [4.78, 5) is 24.8. The minimum absolute atomic E-state index is 0.0212. The third-order valence-corrected chi connectivity index (χ3v) is 3.72. The lowest BCUT2D eigenvalue weighted by molar-refractivity contribution is -0.141. The maximum atomic E-state index is 11.8. The molecule has 1 saturated carbocycles. The van der Waals surface area contributed by atoms with Gasteiger partial charge >= 0.3 is 5.97 Å². The topological polar surface area (TPSA) is 81.7 Å². The highest BCUT2D eigenvalue weighted by molar-refractivity contribution is 5.78. The van der Waals surface area contributed by atoms with Crippen LogP contribution < -0.4 is 10.6 Å². The first-order chi connectivity index (χ1) is 8.65. The maximum absolute atomic E-state index is 11.8. The van der Waals surface area contributed by atoms with Crippen LogP contribution in [-0.2, 0) is 9.59 Å². The van der Waals surface area contributed by atoms with Gasteiger partial charge in [-0.15, -0.1) is 0 Å². The lowest BCUT2D eigenvalue weighted by atomic mass is 10.1. The number of carbonyl (C=O) groups is 2. The van der Waals surface area contributed by atoms with Crippen molar-refractivity contribution in [2.45, 2.75) is 25.3 Å². The van der Waals surface area contributed by atoms with Crippen LogP contribution in [0.1, 0.15) is 19.3 Å². The Morgan fingerprint density at radius 2 is 2.00 bits per heavy atom. The van der Waals surface area contributed by atoms with Crippen molar-refractivity contribution in [3.63, 3.8) is 0 Å². The number of carbonyl (C=O) groups excluding carboxylic acids is 1. The Morgan fingerprint density at radius 3 is 2.61 bits per heavy atom. The van der Waals surface area contributed by atoms with Gasteiger partial charge < -0.3 is 15.7 Å². The molecule has 0 bridgehead atoms. The van der Waals surface area contributed by atoms with Crippen molar-refractivity contribution < 1.29 is 14.7 Å². The second-order valence-corrected chi connectivity index (χ2v) is 5.14. The van der Waals surface area contributed by atoms with Gasteiger partial charge in [0.05, 0.1) is 12.5 Å². The van der Waals surface area contributed by atoms with Crippen molar-refractivity contribution in [3.8, 4) is 0 Å². The van der Waals surface area contributed by atoms with Crippen LogP contribution in [0.25, 0.3) is 0 Å². The van der Waals surface area contributed by atoms with Crippen LogP contribution in [0.3, 0.4) is 0 Å². The Balaban J connectivity index is 1.69. The Hall–Kier alpha value is -1.14. The molecule has 0 aromatic rings. The van der Waals surface area contributed by atoms with Crippen LogP contribution in [0.4, 0.5) is 0 Å². The number of piperazine rings is 1. The summed E-state index contributed by atoms with van der Waals surface area (Å²) in [6, 6.07) is 0.0431. The third kappa shape index (κ3) is 3.68. The van der Waals surface area contributed by atoms with Gasteiger partial charge in [-0.25, -0.2) is 0 Å². The van der Waals surface area contributed by atoms with E-state index in [4.69, 9.17) is 5.11 Å². The van der Waals surface area contributed by atoms with Gasteiger partial charge in [0.25, 0.3) is 0 Å². The molecule has 2 aliphatic rings. The van der Waals surface area contributed by atoms with Crippen molar-refractivity contribution in [2.24, 2.45) is 5.92 Å². The third-order valence-electron chi connectivity index (χ3n) is 3.72. The number of aliphatic carboxylic acids is 1. The number of carboxylic acids is 1. The van der Waals surface area contributed by atoms with E-state index in [1.165, 1.54) is 0 Å². The number of hydrogen-bond donors (Lipinski definition) is 3. The number of nitrogens with zero attached hydrogens (tertiary/aromatic N) is 1. The molecule has 1 saturated heterocycles. The summed E-state index contributed by atoms with van der Waals surface area (Å²) >= 11 is 0. The van der Waals surface area contributed by atoms with Crippen LogP contribution in [-0.4, -0.2) is 60.6 Å². The van der Waals surface area contributed by atoms with Crippen molar-refractivity contribution >= 4 is 11.9 Å². The van der Waals surface area contributed by atoms with Crippen LogP contribution in [0.2, 0.25) is 0 Å². The SMILES string of the molecule is O=C(CN1CCNCC1)NC1CCC(C(=O)O)C1. The molecule has 2 unspecified atom stereocenters. The van der Waals surface area contributed by atoms with E-state index < -0.39 is 5.97 Å². The molecule has 18 heavy (non-hydrogen) atoms. The summed E-state index contributed by atoms with van der Waals surface area (Å²) < 4.78 is 0. The van der Waals surface area contributed by atoms with E-state index in [0.717, 1.165) is 32.6 Å². The quantitative estimate of drug-likeness (QED) is 0.616. The minimum Gasteiger partial charge on any atom is -0.481 e. The molecule has 0 aromatic carbocycles. The highest BCUT2D eigenvalue weighted by Crippen LogP contribution is 2.25. The summed E-state index contributed by atoms with van der Waals surface area (Å²) in [5.74, 6) is -1.00. The molecular formula is C12H21N3O3. The fraction of sp³-hybridized carbons (Fsp3) is 0.833. The molecule has 1 amide bonds. The van der Waals surface area contributed by atoms with Gasteiger partial charge in [-0.3, -0.25) is 14.5 Å². The number of hydrogen-bond acceptors (Lipinski definition) is 4. The van der Waals surface area contributed by atoms with E-state index in [1.807, 2.05) is 0 Å². The van der Waals surface area contributed by atoms with Gasteiger partial charge in [-0.2, -0.15) is 0 Å². The summed E-state index contributed by atoms with van der Waals surface area (Å²) in [6.07, 6.45) is 2.03. The average Bonchev–Trinajstić information content (AvgIpc) is 2.78. The van der Waals surface area contributed by atoms with E-state index in [1.54, 1.807) is 0 Å². The molecule has 1 aliphatic heterocycles. The van der Waals surface area contributed by atoms with Gasteiger partial charge in [-0.1, -0.05) is 0 Å². The van der Waals surface area contributed by atoms with E-state index in [2.05, 4.69) is 15.5 Å². The first-order valence-corrected chi connectivity index (χ1v) is 6.60.